The highest BCUT2D eigenvalue weighted by Gasteiger charge is 2.11. The Morgan fingerprint density at radius 2 is 1.60 bits per heavy atom. The van der Waals surface area contributed by atoms with E-state index in [0.29, 0.717) is 11.4 Å². The summed E-state index contributed by atoms with van der Waals surface area (Å²) < 4.78 is 32.8. The topological polar surface area (TPSA) is 173 Å². The van der Waals surface area contributed by atoms with Gasteiger partial charge < -0.3 is 4.55 Å². The Balaban J connectivity index is 0.000000550. The summed E-state index contributed by atoms with van der Waals surface area (Å²) in [5.74, 6) is 0. The van der Waals surface area contributed by atoms with Crippen LogP contribution in [0.25, 0.3) is 4.98 Å². The zero-order valence-electron chi connectivity index (χ0n) is 12.1. The highest BCUT2D eigenvalue weighted by molar-refractivity contribution is 7.79. The van der Waals surface area contributed by atoms with Gasteiger partial charge >= 0.3 is 5.69 Å². The highest BCUT2D eigenvalue weighted by Crippen LogP contribution is 2.30. The van der Waals surface area contributed by atoms with Crippen molar-refractivity contribution in [3.05, 3.63) is 62.6 Å². The lowest BCUT2D eigenvalue weighted by molar-refractivity contribution is -0.384. The minimum Gasteiger partial charge on any atom is -0.726 e. The Morgan fingerprint density at radius 3 is 2.04 bits per heavy atom. The monoisotopic (exact) mass is 385 g/mol. The Kier molecular flexibility index (Phi) is 7.03. The summed E-state index contributed by atoms with van der Waals surface area (Å²) in [6.45, 7) is 0. The van der Waals surface area contributed by atoms with E-state index in [2.05, 4.69) is 15.2 Å². The molecule has 0 aliphatic carbocycles. The SMILES string of the molecule is N#[N+]c1ccc(N=Nc2ccc([N+](=O)[O-])cc2)cc1Cl.O=S(=O)([O-])O. The van der Waals surface area contributed by atoms with Crippen LogP contribution in [0.15, 0.2) is 52.7 Å². The lowest BCUT2D eigenvalue weighted by Gasteiger charge is -1.93. The summed E-state index contributed by atoms with van der Waals surface area (Å²) in [6.07, 6.45) is 0. The summed E-state index contributed by atoms with van der Waals surface area (Å²) in [5.41, 5.74) is 1.17. The van der Waals surface area contributed by atoms with E-state index in [0.717, 1.165) is 0 Å². The molecule has 0 radical (unpaired) electrons. The number of diazo groups is 1. The Hall–Kier alpha value is -2.98. The van der Waals surface area contributed by atoms with Crippen LogP contribution < -0.4 is 0 Å². The van der Waals surface area contributed by atoms with Gasteiger partial charge in [-0.2, -0.15) is 10.2 Å². The summed E-state index contributed by atoms with van der Waals surface area (Å²) in [7, 11) is -4.92. The number of nitro benzene ring substituents is 1. The molecule has 0 saturated carbocycles. The van der Waals surface area contributed by atoms with E-state index in [1.165, 1.54) is 36.4 Å². The van der Waals surface area contributed by atoms with E-state index in [1.54, 1.807) is 6.07 Å². The molecule has 0 unspecified atom stereocenters. The van der Waals surface area contributed by atoms with Crippen LogP contribution in [0.3, 0.4) is 0 Å². The minimum atomic E-state index is -4.92. The van der Waals surface area contributed by atoms with Gasteiger partial charge in [-0.1, -0.05) is 11.6 Å². The lowest BCUT2D eigenvalue weighted by Crippen LogP contribution is -1.90. The molecule has 0 heterocycles. The number of rotatable bonds is 3. The van der Waals surface area contributed by atoms with Gasteiger partial charge in [0, 0.05) is 18.2 Å². The molecule has 0 fully saturated rings. The maximum absolute atomic E-state index is 10.5. The van der Waals surface area contributed by atoms with Crippen LogP contribution in [0.1, 0.15) is 0 Å². The number of halogens is 1. The fourth-order valence-corrected chi connectivity index (χ4v) is 1.61. The average molecular weight is 386 g/mol. The number of non-ortho nitro benzene ring substituents is 1. The second-order valence-corrected chi connectivity index (χ2v) is 5.40. The Morgan fingerprint density at radius 1 is 1.12 bits per heavy atom. The number of hydrogen-bond acceptors (Lipinski definition) is 8. The first-order valence-corrected chi connectivity index (χ1v) is 7.83. The molecule has 0 amide bonds. The minimum absolute atomic E-state index is 0.0131. The van der Waals surface area contributed by atoms with Gasteiger partial charge in [0.1, 0.15) is 5.02 Å². The molecule has 0 aliphatic rings. The molecule has 0 spiro atoms. The summed E-state index contributed by atoms with van der Waals surface area (Å²) in [6, 6.07) is 10.2. The Bertz CT molecular complexity index is 931. The fraction of sp³-hybridized carbons (Fsp3) is 0. The second kappa shape index (κ2) is 8.76. The van der Waals surface area contributed by atoms with Crippen LogP contribution in [0.5, 0.6) is 0 Å². The zero-order chi connectivity index (χ0) is 19.0. The third-order valence-corrected chi connectivity index (χ3v) is 2.68. The van der Waals surface area contributed by atoms with Crippen LogP contribution in [0.2, 0.25) is 5.02 Å². The van der Waals surface area contributed by atoms with Gasteiger partial charge in [0.25, 0.3) is 5.69 Å². The van der Waals surface area contributed by atoms with Crippen LogP contribution in [-0.2, 0) is 10.4 Å². The molecule has 2 aromatic rings. The van der Waals surface area contributed by atoms with Crippen molar-refractivity contribution in [2.24, 2.45) is 10.2 Å². The van der Waals surface area contributed by atoms with Crippen molar-refractivity contribution in [3.63, 3.8) is 0 Å². The summed E-state index contributed by atoms with van der Waals surface area (Å²) in [5, 5.41) is 27.2. The largest absolute Gasteiger partial charge is 0.726 e. The maximum Gasteiger partial charge on any atom is 0.403 e. The van der Waals surface area contributed by atoms with Gasteiger partial charge in [-0.3, -0.25) is 14.7 Å². The maximum atomic E-state index is 10.5. The smallest absolute Gasteiger partial charge is 0.403 e. The summed E-state index contributed by atoms with van der Waals surface area (Å²) in [4.78, 5) is 13.0. The molecule has 11 nitrogen and oxygen atoms in total. The number of nitro groups is 1. The number of nitrogens with zero attached hydrogens (tertiary/aromatic N) is 5. The van der Waals surface area contributed by atoms with Crippen LogP contribution in [0.4, 0.5) is 22.7 Å². The fourth-order valence-electron chi connectivity index (χ4n) is 1.40. The summed E-state index contributed by atoms with van der Waals surface area (Å²) >= 11 is 5.84. The van der Waals surface area contributed by atoms with Crippen molar-refractivity contribution in [1.82, 2.24) is 0 Å². The average Bonchev–Trinajstić information content (AvgIpc) is 2.52. The van der Waals surface area contributed by atoms with Gasteiger partial charge in [-0.25, -0.2) is 8.42 Å². The normalized spacial score (nSPS) is 10.6. The number of azo groups is 1. The molecule has 0 aromatic heterocycles. The molecule has 0 aliphatic heterocycles. The predicted octanol–water partition coefficient (Wildman–Crippen LogP) is 4.15. The van der Waals surface area contributed by atoms with Gasteiger partial charge in [-0.05, 0) is 24.3 Å². The van der Waals surface area contributed by atoms with E-state index >= 15 is 0 Å². The first-order valence-electron chi connectivity index (χ1n) is 6.09. The molecular formula is C12H8ClN5O6S. The van der Waals surface area contributed by atoms with Gasteiger partial charge in [0.05, 0.1) is 16.3 Å². The predicted molar refractivity (Wildman–Crippen MR) is 85.8 cm³/mol. The molecule has 0 atom stereocenters. The van der Waals surface area contributed by atoms with E-state index in [4.69, 9.17) is 34.5 Å². The third kappa shape index (κ3) is 7.90. The molecule has 13 heteroatoms. The van der Waals surface area contributed by atoms with Crippen LogP contribution >= 0.6 is 11.6 Å². The van der Waals surface area contributed by atoms with Gasteiger partial charge in [-0.15, -0.1) is 0 Å². The van der Waals surface area contributed by atoms with Crippen molar-refractivity contribution in [2.45, 2.75) is 0 Å². The van der Waals surface area contributed by atoms with Gasteiger partial charge in [0.2, 0.25) is 15.8 Å². The van der Waals surface area contributed by atoms with Crippen molar-refractivity contribution in [3.8, 4) is 0 Å². The Labute approximate surface area is 145 Å². The van der Waals surface area contributed by atoms with E-state index < -0.39 is 15.3 Å². The van der Waals surface area contributed by atoms with Crippen LogP contribution in [0, 0.1) is 15.5 Å². The van der Waals surface area contributed by atoms with Crippen molar-refractivity contribution in [2.75, 3.05) is 0 Å². The number of benzene rings is 2. The molecule has 0 saturated heterocycles. The van der Waals surface area contributed by atoms with E-state index in [-0.39, 0.29) is 16.4 Å². The lowest BCUT2D eigenvalue weighted by atomic mass is 10.3. The highest BCUT2D eigenvalue weighted by atomic mass is 35.5. The molecule has 25 heavy (non-hydrogen) atoms. The standard InChI is InChI=1S/C12H7ClN5O2.H2O4S/c13-11-7-9(3-6-12(11)15-14)17-16-8-1-4-10(5-2-8)18(19)20;1-5(2,3)4/h1-7H;(H2,1,2,3,4)/q+1;/p-1. The molecule has 0 bridgehead atoms. The first-order chi connectivity index (χ1) is 11.6. The quantitative estimate of drug-likeness (QED) is 0.206. The van der Waals surface area contributed by atoms with E-state index in [9.17, 15) is 10.1 Å². The molecule has 1 N–H and O–H groups in total. The van der Waals surface area contributed by atoms with Crippen molar-refractivity contribution < 1.29 is 22.4 Å². The van der Waals surface area contributed by atoms with Crippen molar-refractivity contribution >= 4 is 44.7 Å². The third-order valence-electron chi connectivity index (χ3n) is 2.38. The zero-order valence-corrected chi connectivity index (χ0v) is 13.6. The molecule has 2 aromatic carbocycles. The molecule has 130 valence electrons. The number of hydrogen-bond donors (Lipinski definition) is 1. The van der Waals surface area contributed by atoms with E-state index in [1.807, 2.05) is 0 Å². The first kappa shape index (κ1) is 20.1. The molecular weight excluding hydrogens is 378 g/mol. The van der Waals surface area contributed by atoms with Crippen molar-refractivity contribution in [1.29, 1.82) is 5.39 Å². The second-order valence-electron chi connectivity index (χ2n) is 4.14. The van der Waals surface area contributed by atoms with Gasteiger partial charge in [0.15, 0.2) is 4.98 Å². The molecule has 2 rings (SSSR count). The van der Waals surface area contributed by atoms with Crippen LogP contribution in [-0.4, -0.2) is 22.4 Å².